The van der Waals surface area contributed by atoms with E-state index in [-0.39, 0.29) is 6.42 Å². The van der Waals surface area contributed by atoms with Crippen LogP contribution in [0.1, 0.15) is 26.3 Å². The molecule has 0 fully saturated rings. The minimum Gasteiger partial charge on any atom is -0.480 e. The van der Waals surface area contributed by atoms with Crippen molar-refractivity contribution in [2.24, 2.45) is 0 Å². The van der Waals surface area contributed by atoms with Crippen molar-refractivity contribution in [1.29, 1.82) is 0 Å². The molecule has 2 rings (SSSR count). The summed E-state index contributed by atoms with van der Waals surface area (Å²) in [6, 6.07) is 12.8. The van der Waals surface area contributed by atoms with Crippen LogP contribution in [-0.2, 0) is 16.0 Å². The summed E-state index contributed by atoms with van der Waals surface area (Å²) < 4.78 is 10.8. The van der Waals surface area contributed by atoms with Gasteiger partial charge < -0.3 is 19.9 Å². The number of ether oxygens (including phenoxy) is 2. The molecule has 1 unspecified atom stereocenters. The standard InChI is InChI=1S/C20H22ClNO5/c1-20(2,3)27-19(25)22-17(18(23)24)12-13-4-8-15(9-5-13)26-16-10-6-14(21)7-11-16/h4-11,17H,12H2,1-3H3,(H,22,25)(H,23,24). The van der Waals surface area contributed by atoms with Crippen LogP contribution < -0.4 is 10.1 Å². The molecule has 0 saturated heterocycles. The number of carboxylic acid groups (broad SMARTS) is 1. The molecule has 0 aliphatic heterocycles. The highest BCUT2D eigenvalue weighted by Crippen LogP contribution is 2.23. The van der Waals surface area contributed by atoms with E-state index in [9.17, 15) is 14.7 Å². The number of hydrogen-bond donors (Lipinski definition) is 2. The van der Waals surface area contributed by atoms with Gasteiger partial charge in [0.2, 0.25) is 0 Å². The Bertz CT molecular complexity index is 782. The number of carbonyl (C=O) groups is 2. The average Bonchev–Trinajstić information content (AvgIpc) is 2.56. The first-order valence-electron chi connectivity index (χ1n) is 8.37. The highest BCUT2D eigenvalue weighted by Gasteiger charge is 2.24. The fourth-order valence-corrected chi connectivity index (χ4v) is 2.34. The predicted octanol–water partition coefficient (Wildman–Crippen LogP) is 4.65. The minimum atomic E-state index is -1.14. The zero-order valence-electron chi connectivity index (χ0n) is 15.4. The third-order valence-corrected chi connectivity index (χ3v) is 3.65. The van der Waals surface area contributed by atoms with Gasteiger partial charge >= 0.3 is 12.1 Å². The van der Waals surface area contributed by atoms with Gasteiger partial charge in [0.15, 0.2) is 0 Å². The molecule has 6 nitrogen and oxygen atoms in total. The van der Waals surface area contributed by atoms with E-state index in [2.05, 4.69) is 5.32 Å². The topological polar surface area (TPSA) is 84.9 Å². The lowest BCUT2D eigenvalue weighted by Gasteiger charge is -2.22. The third-order valence-electron chi connectivity index (χ3n) is 3.40. The Morgan fingerprint density at radius 3 is 2.04 bits per heavy atom. The second-order valence-corrected chi connectivity index (χ2v) is 7.38. The minimum absolute atomic E-state index is 0.121. The molecular weight excluding hydrogens is 370 g/mol. The van der Waals surface area contributed by atoms with Crippen LogP contribution in [0.3, 0.4) is 0 Å². The fraction of sp³-hybridized carbons (Fsp3) is 0.300. The van der Waals surface area contributed by atoms with Gasteiger partial charge in [0.05, 0.1) is 0 Å². The fourth-order valence-electron chi connectivity index (χ4n) is 2.22. The van der Waals surface area contributed by atoms with Crippen LogP contribution in [0, 0.1) is 0 Å². The number of halogens is 1. The van der Waals surface area contributed by atoms with Crippen molar-refractivity contribution in [2.75, 3.05) is 0 Å². The van der Waals surface area contributed by atoms with Crippen molar-refractivity contribution in [3.05, 3.63) is 59.1 Å². The first-order chi connectivity index (χ1) is 12.6. The van der Waals surface area contributed by atoms with Crippen molar-refractivity contribution in [3.63, 3.8) is 0 Å². The van der Waals surface area contributed by atoms with Gasteiger partial charge in [0.25, 0.3) is 0 Å². The van der Waals surface area contributed by atoms with Gasteiger partial charge in [-0.3, -0.25) is 0 Å². The number of hydrogen-bond acceptors (Lipinski definition) is 4. The maximum absolute atomic E-state index is 11.8. The maximum atomic E-state index is 11.8. The van der Waals surface area contributed by atoms with Gasteiger partial charge in [-0.2, -0.15) is 0 Å². The van der Waals surface area contributed by atoms with E-state index in [1.165, 1.54) is 0 Å². The number of alkyl carbamates (subject to hydrolysis) is 1. The van der Waals surface area contributed by atoms with E-state index < -0.39 is 23.7 Å². The molecular formula is C20H22ClNO5. The van der Waals surface area contributed by atoms with Crippen molar-refractivity contribution < 1.29 is 24.2 Å². The van der Waals surface area contributed by atoms with E-state index in [0.717, 1.165) is 5.56 Å². The second-order valence-electron chi connectivity index (χ2n) is 6.94. The SMILES string of the molecule is CC(C)(C)OC(=O)NC(Cc1ccc(Oc2ccc(Cl)cc2)cc1)C(=O)O. The molecule has 0 radical (unpaired) electrons. The van der Waals surface area contributed by atoms with Crippen LogP contribution in [-0.4, -0.2) is 28.8 Å². The van der Waals surface area contributed by atoms with Crippen LogP contribution in [0.2, 0.25) is 5.02 Å². The normalized spacial score (nSPS) is 12.1. The average molecular weight is 392 g/mol. The molecule has 0 aromatic heterocycles. The molecule has 0 aliphatic carbocycles. The van der Waals surface area contributed by atoms with Gasteiger partial charge in [-0.1, -0.05) is 23.7 Å². The molecule has 7 heteroatoms. The highest BCUT2D eigenvalue weighted by molar-refractivity contribution is 6.30. The summed E-state index contributed by atoms with van der Waals surface area (Å²) in [5.41, 5.74) is 0.0373. The summed E-state index contributed by atoms with van der Waals surface area (Å²) in [6.45, 7) is 5.13. The van der Waals surface area contributed by atoms with Gasteiger partial charge in [-0.25, -0.2) is 9.59 Å². The number of carboxylic acids is 1. The molecule has 0 bridgehead atoms. The predicted molar refractivity (Wildman–Crippen MR) is 102 cm³/mol. The number of aliphatic carboxylic acids is 1. The Morgan fingerprint density at radius 2 is 1.56 bits per heavy atom. The van der Waals surface area contributed by atoms with Crippen molar-refractivity contribution in [1.82, 2.24) is 5.32 Å². The quantitative estimate of drug-likeness (QED) is 0.748. The monoisotopic (exact) mass is 391 g/mol. The molecule has 0 aliphatic rings. The molecule has 1 atom stereocenters. The molecule has 0 heterocycles. The Labute approximate surface area is 163 Å². The number of benzene rings is 2. The van der Waals surface area contributed by atoms with Gasteiger partial charge in [-0.15, -0.1) is 0 Å². The Hall–Kier alpha value is -2.73. The molecule has 144 valence electrons. The Balaban J connectivity index is 1.98. The number of carbonyl (C=O) groups excluding carboxylic acids is 1. The maximum Gasteiger partial charge on any atom is 0.408 e. The van der Waals surface area contributed by atoms with Crippen LogP contribution in [0.25, 0.3) is 0 Å². The summed E-state index contributed by atoms with van der Waals surface area (Å²) in [7, 11) is 0. The van der Waals surface area contributed by atoms with Crippen LogP contribution in [0.5, 0.6) is 11.5 Å². The van der Waals surface area contributed by atoms with Crippen molar-refractivity contribution in [3.8, 4) is 11.5 Å². The van der Waals surface area contributed by atoms with Gasteiger partial charge in [0, 0.05) is 11.4 Å². The lowest BCUT2D eigenvalue weighted by atomic mass is 10.1. The Kier molecular flexibility index (Phi) is 6.69. The van der Waals surface area contributed by atoms with Crippen LogP contribution in [0.4, 0.5) is 4.79 Å². The number of rotatable bonds is 6. The smallest absolute Gasteiger partial charge is 0.408 e. The largest absolute Gasteiger partial charge is 0.480 e. The molecule has 0 saturated carbocycles. The van der Waals surface area contributed by atoms with Crippen molar-refractivity contribution in [2.45, 2.75) is 38.8 Å². The van der Waals surface area contributed by atoms with E-state index >= 15 is 0 Å². The zero-order valence-corrected chi connectivity index (χ0v) is 16.1. The van der Waals surface area contributed by atoms with Crippen molar-refractivity contribution >= 4 is 23.7 Å². The van der Waals surface area contributed by atoms with E-state index in [1.54, 1.807) is 69.3 Å². The molecule has 2 N–H and O–H groups in total. The molecule has 2 aromatic carbocycles. The zero-order chi connectivity index (χ0) is 20.0. The summed E-state index contributed by atoms with van der Waals surface area (Å²) in [4.78, 5) is 23.3. The lowest BCUT2D eigenvalue weighted by molar-refractivity contribution is -0.139. The number of amides is 1. The third kappa shape index (κ3) is 7.19. The summed E-state index contributed by atoms with van der Waals surface area (Å²) in [5.74, 6) is 0.109. The number of nitrogens with one attached hydrogen (secondary N) is 1. The Morgan fingerprint density at radius 1 is 1.04 bits per heavy atom. The van der Waals surface area contributed by atoms with Gasteiger partial charge in [0.1, 0.15) is 23.1 Å². The summed E-state index contributed by atoms with van der Waals surface area (Å²) in [5, 5.41) is 12.3. The van der Waals surface area contributed by atoms with Gasteiger partial charge in [-0.05, 0) is 62.7 Å². The van der Waals surface area contributed by atoms with Crippen LogP contribution in [0.15, 0.2) is 48.5 Å². The summed E-state index contributed by atoms with van der Waals surface area (Å²) in [6.07, 6.45) is -0.645. The molecule has 2 aromatic rings. The van der Waals surface area contributed by atoms with E-state index in [0.29, 0.717) is 16.5 Å². The first kappa shape index (κ1) is 20.6. The molecule has 0 spiro atoms. The first-order valence-corrected chi connectivity index (χ1v) is 8.75. The molecule has 27 heavy (non-hydrogen) atoms. The summed E-state index contributed by atoms with van der Waals surface area (Å²) >= 11 is 5.84. The van der Waals surface area contributed by atoms with E-state index in [1.807, 2.05) is 0 Å². The van der Waals surface area contributed by atoms with E-state index in [4.69, 9.17) is 21.1 Å². The highest BCUT2D eigenvalue weighted by atomic mass is 35.5. The van der Waals surface area contributed by atoms with Crippen LogP contribution >= 0.6 is 11.6 Å². The molecule has 1 amide bonds. The second kappa shape index (κ2) is 8.77. The lowest BCUT2D eigenvalue weighted by Crippen LogP contribution is -2.44.